The maximum atomic E-state index is 12.9. The van der Waals surface area contributed by atoms with E-state index in [-0.39, 0.29) is 29.7 Å². The molecule has 1 N–H and O–H groups in total. The number of sulfonamides is 1. The Bertz CT molecular complexity index is 1110. The van der Waals surface area contributed by atoms with Crippen molar-refractivity contribution < 1.29 is 18.0 Å². The van der Waals surface area contributed by atoms with Gasteiger partial charge in [0, 0.05) is 38.2 Å². The fraction of sp³-hybridized carbons (Fsp3) is 0.545. The molecular formula is C22H29N5O4S2. The number of carbonyl (C=O) groups is 2. The molecule has 11 heteroatoms. The zero-order valence-electron chi connectivity index (χ0n) is 18.9. The first-order valence-electron chi connectivity index (χ1n) is 11.3. The number of rotatable bonds is 7. The van der Waals surface area contributed by atoms with Crippen LogP contribution in [0.15, 0.2) is 29.2 Å². The monoisotopic (exact) mass is 491 g/mol. The third-order valence-corrected chi connectivity index (χ3v) is 9.00. The Morgan fingerprint density at radius 3 is 2.55 bits per heavy atom. The number of aryl methyl sites for hydroxylation is 1. The SMILES string of the molecule is CCCc1nnc(NC(=O)[C@H]2CC(=O)N(c3ccc(S(=O)(=O)N4CCC(C)CC4)cc3)C2)s1. The van der Waals surface area contributed by atoms with Crippen LogP contribution in [0.3, 0.4) is 0 Å². The van der Waals surface area contributed by atoms with E-state index in [1.54, 1.807) is 24.3 Å². The second kappa shape index (κ2) is 9.86. The molecule has 1 aromatic carbocycles. The molecule has 2 fully saturated rings. The van der Waals surface area contributed by atoms with Gasteiger partial charge in [-0.2, -0.15) is 4.31 Å². The third kappa shape index (κ3) is 5.25. The highest BCUT2D eigenvalue weighted by molar-refractivity contribution is 7.89. The summed E-state index contributed by atoms with van der Waals surface area (Å²) < 4.78 is 27.4. The minimum absolute atomic E-state index is 0.0957. The zero-order valence-corrected chi connectivity index (χ0v) is 20.5. The molecule has 9 nitrogen and oxygen atoms in total. The van der Waals surface area contributed by atoms with Crippen LogP contribution in [-0.2, 0) is 26.0 Å². The number of nitrogens with zero attached hydrogens (tertiary/aromatic N) is 4. The van der Waals surface area contributed by atoms with E-state index in [4.69, 9.17) is 0 Å². The van der Waals surface area contributed by atoms with E-state index in [0.29, 0.717) is 29.8 Å². The molecule has 0 aliphatic carbocycles. The van der Waals surface area contributed by atoms with E-state index < -0.39 is 15.9 Å². The lowest BCUT2D eigenvalue weighted by atomic mass is 10.0. The normalized spacial score (nSPS) is 20.4. The Hall–Kier alpha value is -2.37. The van der Waals surface area contributed by atoms with Gasteiger partial charge in [-0.25, -0.2) is 8.42 Å². The lowest BCUT2D eigenvalue weighted by molar-refractivity contribution is -0.122. The zero-order chi connectivity index (χ0) is 23.6. The second-order valence-electron chi connectivity index (χ2n) is 8.73. The summed E-state index contributed by atoms with van der Waals surface area (Å²) in [6, 6.07) is 6.36. The molecule has 0 bridgehead atoms. The van der Waals surface area contributed by atoms with Crippen LogP contribution in [0.1, 0.15) is 44.5 Å². The molecule has 0 unspecified atom stereocenters. The number of hydrogen-bond acceptors (Lipinski definition) is 7. The summed E-state index contributed by atoms with van der Waals surface area (Å²) in [6.07, 6.45) is 3.58. The molecule has 0 saturated carbocycles. The van der Waals surface area contributed by atoms with E-state index in [9.17, 15) is 18.0 Å². The predicted molar refractivity (Wildman–Crippen MR) is 127 cm³/mol. The largest absolute Gasteiger partial charge is 0.312 e. The summed E-state index contributed by atoms with van der Waals surface area (Å²) >= 11 is 1.34. The number of amides is 2. The molecule has 33 heavy (non-hydrogen) atoms. The Labute approximate surface area is 198 Å². The van der Waals surface area contributed by atoms with Crippen LogP contribution in [0, 0.1) is 11.8 Å². The average molecular weight is 492 g/mol. The van der Waals surface area contributed by atoms with Gasteiger partial charge in [0.05, 0.1) is 10.8 Å². The van der Waals surface area contributed by atoms with Crippen LogP contribution in [0.5, 0.6) is 0 Å². The van der Waals surface area contributed by atoms with Gasteiger partial charge in [-0.15, -0.1) is 10.2 Å². The predicted octanol–water partition coefficient (Wildman–Crippen LogP) is 2.90. The summed E-state index contributed by atoms with van der Waals surface area (Å²) in [5.74, 6) is -0.395. The van der Waals surface area contributed by atoms with Gasteiger partial charge in [0.15, 0.2) is 0 Å². The molecule has 2 saturated heterocycles. The van der Waals surface area contributed by atoms with Crippen molar-refractivity contribution in [1.82, 2.24) is 14.5 Å². The molecular weight excluding hydrogens is 462 g/mol. The Kier molecular flexibility index (Phi) is 7.10. The molecule has 4 rings (SSSR count). The highest BCUT2D eigenvalue weighted by atomic mass is 32.2. The van der Waals surface area contributed by atoms with Crippen molar-refractivity contribution in [2.24, 2.45) is 11.8 Å². The fourth-order valence-corrected chi connectivity index (χ4v) is 6.45. The average Bonchev–Trinajstić information content (AvgIpc) is 3.40. The topological polar surface area (TPSA) is 113 Å². The van der Waals surface area contributed by atoms with Crippen LogP contribution in [0.4, 0.5) is 10.8 Å². The lowest BCUT2D eigenvalue weighted by Crippen LogP contribution is -2.37. The molecule has 1 aromatic heterocycles. The molecule has 1 atom stereocenters. The number of carbonyl (C=O) groups excluding carboxylic acids is 2. The van der Waals surface area contributed by atoms with Crippen LogP contribution in [-0.4, -0.2) is 54.4 Å². The molecule has 2 aliphatic rings. The molecule has 2 aliphatic heterocycles. The van der Waals surface area contributed by atoms with Gasteiger partial charge in [-0.3, -0.25) is 9.59 Å². The van der Waals surface area contributed by atoms with Crippen LogP contribution in [0.25, 0.3) is 0 Å². The first kappa shape index (κ1) is 23.8. The Morgan fingerprint density at radius 2 is 1.88 bits per heavy atom. The first-order chi connectivity index (χ1) is 15.8. The highest BCUT2D eigenvalue weighted by Gasteiger charge is 2.36. The third-order valence-electron chi connectivity index (χ3n) is 6.19. The number of hydrogen-bond donors (Lipinski definition) is 1. The smallest absolute Gasteiger partial charge is 0.243 e. The number of piperidine rings is 1. The van der Waals surface area contributed by atoms with Crippen molar-refractivity contribution in [2.45, 2.75) is 50.8 Å². The van der Waals surface area contributed by atoms with Gasteiger partial charge in [0.2, 0.25) is 27.0 Å². The van der Waals surface area contributed by atoms with Crippen molar-refractivity contribution in [3.05, 3.63) is 29.3 Å². The minimum atomic E-state index is -3.55. The molecule has 0 spiro atoms. The standard InChI is InChI=1S/C22H29N5O4S2/c1-3-4-19-24-25-22(32-19)23-21(29)16-13-20(28)27(14-16)17-5-7-18(8-6-17)33(30,31)26-11-9-15(2)10-12-26/h5-8,15-16H,3-4,9-14H2,1-2H3,(H,23,25,29)/t16-/m0/s1. The maximum Gasteiger partial charge on any atom is 0.243 e. The van der Waals surface area contributed by atoms with Crippen LogP contribution >= 0.6 is 11.3 Å². The molecule has 2 aromatic rings. The van der Waals surface area contributed by atoms with E-state index in [2.05, 4.69) is 29.4 Å². The van der Waals surface area contributed by atoms with Crippen LogP contribution < -0.4 is 10.2 Å². The van der Waals surface area contributed by atoms with E-state index >= 15 is 0 Å². The number of nitrogens with one attached hydrogen (secondary N) is 1. The molecule has 2 amide bonds. The Balaban J connectivity index is 1.40. The summed E-state index contributed by atoms with van der Waals surface area (Å²) in [7, 11) is -3.55. The summed E-state index contributed by atoms with van der Waals surface area (Å²) in [5, 5.41) is 12.1. The fourth-order valence-electron chi connectivity index (χ4n) is 4.13. The van der Waals surface area contributed by atoms with Gasteiger partial charge >= 0.3 is 0 Å². The maximum absolute atomic E-state index is 12.9. The number of aromatic nitrogens is 2. The molecule has 0 radical (unpaired) electrons. The van der Waals surface area contributed by atoms with E-state index in [1.165, 1.54) is 20.5 Å². The van der Waals surface area contributed by atoms with Crippen molar-refractivity contribution in [2.75, 3.05) is 29.9 Å². The second-order valence-corrected chi connectivity index (χ2v) is 11.7. The van der Waals surface area contributed by atoms with Gasteiger partial charge in [0.25, 0.3) is 0 Å². The molecule has 178 valence electrons. The van der Waals surface area contributed by atoms with Gasteiger partial charge in [0.1, 0.15) is 5.01 Å². The quantitative estimate of drug-likeness (QED) is 0.637. The van der Waals surface area contributed by atoms with Crippen molar-refractivity contribution in [3.8, 4) is 0 Å². The van der Waals surface area contributed by atoms with E-state index in [0.717, 1.165) is 30.7 Å². The van der Waals surface area contributed by atoms with E-state index in [1.807, 2.05) is 0 Å². The van der Waals surface area contributed by atoms with Gasteiger partial charge < -0.3 is 10.2 Å². The van der Waals surface area contributed by atoms with Crippen molar-refractivity contribution in [3.63, 3.8) is 0 Å². The summed E-state index contributed by atoms with van der Waals surface area (Å²) in [6.45, 7) is 5.48. The van der Waals surface area contributed by atoms with Gasteiger partial charge in [-0.1, -0.05) is 25.2 Å². The van der Waals surface area contributed by atoms with Gasteiger partial charge in [-0.05, 0) is 49.4 Å². The minimum Gasteiger partial charge on any atom is -0.312 e. The summed E-state index contributed by atoms with van der Waals surface area (Å²) in [4.78, 5) is 27.0. The number of benzene rings is 1. The highest BCUT2D eigenvalue weighted by Crippen LogP contribution is 2.29. The Morgan fingerprint density at radius 1 is 1.18 bits per heavy atom. The first-order valence-corrected chi connectivity index (χ1v) is 13.6. The van der Waals surface area contributed by atoms with Crippen LogP contribution in [0.2, 0.25) is 0 Å². The lowest BCUT2D eigenvalue weighted by Gasteiger charge is -2.29. The van der Waals surface area contributed by atoms with Crippen molar-refractivity contribution >= 4 is 44.0 Å². The number of anilines is 2. The molecule has 3 heterocycles. The summed E-state index contributed by atoms with van der Waals surface area (Å²) in [5.41, 5.74) is 0.586. The van der Waals surface area contributed by atoms with Crippen molar-refractivity contribution in [1.29, 1.82) is 0 Å².